The molecule has 1 aromatic carbocycles. The number of benzene rings is 1. The molecular formula is C12H19ClN2. The molecule has 0 saturated carbocycles. The Morgan fingerprint density at radius 3 is 2.53 bits per heavy atom. The lowest BCUT2D eigenvalue weighted by molar-refractivity contribution is 0.435. The molecule has 0 radical (unpaired) electrons. The topological polar surface area (TPSA) is 38.0 Å². The minimum Gasteiger partial charge on any atom is -0.324 e. The van der Waals surface area contributed by atoms with Crippen molar-refractivity contribution in [2.24, 2.45) is 5.73 Å². The van der Waals surface area contributed by atoms with Gasteiger partial charge in [-0.3, -0.25) is 0 Å². The number of rotatable bonds is 4. The standard InChI is InChI=1S/C12H19ClN2/c1-9(15-8-12(2,3)14)10-6-4-5-7-11(10)13/h4-7,9,15H,8,14H2,1-3H3. The fraction of sp³-hybridized carbons (Fsp3) is 0.500. The largest absolute Gasteiger partial charge is 0.324 e. The average molecular weight is 227 g/mol. The van der Waals surface area contributed by atoms with E-state index in [-0.39, 0.29) is 11.6 Å². The van der Waals surface area contributed by atoms with Crippen LogP contribution < -0.4 is 11.1 Å². The first-order chi connectivity index (χ1) is 6.90. The molecule has 1 unspecified atom stereocenters. The molecule has 3 N–H and O–H groups in total. The van der Waals surface area contributed by atoms with Gasteiger partial charge in [0.1, 0.15) is 0 Å². The second kappa shape index (κ2) is 4.97. The van der Waals surface area contributed by atoms with Crippen LogP contribution in [0.5, 0.6) is 0 Å². The maximum Gasteiger partial charge on any atom is 0.0453 e. The van der Waals surface area contributed by atoms with Crippen LogP contribution >= 0.6 is 11.6 Å². The van der Waals surface area contributed by atoms with Crippen molar-refractivity contribution in [3.05, 3.63) is 34.9 Å². The Bertz CT molecular complexity index is 318. The van der Waals surface area contributed by atoms with E-state index in [2.05, 4.69) is 12.2 Å². The molecule has 0 heterocycles. The van der Waals surface area contributed by atoms with E-state index in [1.165, 1.54) is 0 Å². The van der Waals surface area contributed by atoms with Crippen molar-refractivity contribution in [2.75, 3.05) is 6.54 Å². The van der Waals surface area contributed by atoms with Gasteiger partial charge in [0.05, 0.1) is 0 Å². The van der Waals surface area contributed by atoms with Gasteiger partial charge in [-0.25, -0.2) is 0 Å². The van der Waals surface area contributed by atoms with Crippen LogP contribution in [-0.2, 0) is 0 Å². The molecule has 2 nitrogen and oxygen atoms in total. The highest BCUT2D eigenvalue weighted by molar-refractivity contribution is 6.31. The van der Waals surface area contributed by atoms with Crippen molar-refractivity contribution < 1.29 is 0 Å². The second-order valence-electron chi connectivity index (χ2n) is 4.61. The molecule has 0 aliphatic heterocycles. The third-order valence-corrected chi connectivity index (χ3v) is 2.58. The quantitative estimate of drug-likeness (QED) is 0.829. The highest BCUT2D eigenvalue weighted by Crippen LogP contribution is 2.22. The SMILES string of the molecule is CC(NCC(C)(C)N)c1ccccc1Cl. The Hall–Kier alpha value is -0.570. The molecule has 0 amide bonds. The van der Waals surface area contributed by atoms with Crippen molar-refractivity contribution >= 4 is 11.6 Å². The molecule has 1 atom stereocenters. The zero-order valence-corrected chi connectivity index (χ0v) is 10.3. The van der Waals surface area contributed by atoms with Crippen molar-refractivity contribution in [1.82, 2.24) is 5.32 Å². The minimum atomic E-state index is -0.199. The first-order valence-corrected chi connectivity index (χ1v) is 5.54. The van der Waals surface area contributed by atoms with E-state index >= 15 is 0 Å². The Morgan fingerprint density at radius 2 is 2.00 bits per heavy atom. The highest BCUT2D eigenvalue weighted by Gasteiger charge is 2.14. The summed E-state index contributed by atoms with van der Waals surface area (Å²) in [6.45, 7) is 6.85. The molecule has 0 aliphatic carbocycles. The summed E-state index contributed by atoms with van der Waals surface area (Å²) in [5.41, 5.74) is 6.82. The molecule has 1 rings (SSSR count). The fourth-order valence-corrected chi connectivity index (χ4v) is 1.65. The van der Waals surface area contributed by atoms with E-state index < -0.39 is 0 Å². The second-order valence-corrected chi connectivity index (χ2v) is 5.02. The Labute approximate surface area is 96.8 Å². The Balaban J connectivity index is 2.62. The molecule has 0 saturated heterocycles. The lowest BCUT2D eigenvalue weighted by Crippen LogP contribution is -2.43. The number of nitrogens with two attached hydrogens (primary N) is 1. The highest BCUT2D eigenvalue weighted by atomic mass is 35.5. The molecule has 15 heavy (non-hydrogen) atoms. The monoisotopic (exact) mass is 226 g/mol. The van der Waals surface area contributed by atoms with E-state index in [9.17, 15) is 0 Å². The van der Waals surface area contributed by atoms with Gasteiger partial charge >= 0.3 is 0 Å². The Morgan fingerprint density at radius 1 is 1.40 bits per heavy atom. The van der Waals surface area contributed by atoms with Gasteiger partial charge in [-0.1, -0.05) is 29.8 Å². The lowest BCUT2D eigenvalue weighted by Gasteiger charge is -2.23. The van der Waals surface area contributed by atoms with Crippen LogP contribution in [0.4, 0.5) is 0 Å². The van der Waals surface area contributed by atoms with Crippen molar-refractivity contribution in [3.8, 4) is 0 Å². The first kappa shape index (κ1) is 12.5. The van der Waals surface area contributed by atoms with E-state index in [1.54, 1.807) is 0 Å². The summed E-state index contributed by atoms with van der Waals surface area (Å²) in [6, 6.07) is 8.09. The molecule has 0 bridgehead atoms. The smallest absolute Gasteiger partial charge is 0.0453 e. The van der Waals surface area contributed by atoms with Gasteiger partial charge in [-0.2, -0.15) is 0 Å². The molecule has 3 heteroatoms. The number of hydrogen-bond donors (Lipinski definition) is 2. The molecule has 0 aromatic heterocycles. The van der Waals surface area contributed by atoms with Gasteiger partial charge < -0.3 is 11.1 Å². The minimum absolute atomic E-state index is 0.199. The van der Waals surface area contributed by atoms with Crippen LogP contribution in [0.3, 0.4) is 0 Å². The van der Waals surface area contributed by atoms with Crippen LogP contribution in [0.1, 0.15) is 32.4 Å². The lowest BCUT2D eigenvalue weighted by atomic mass is 10.0. The zero-order valence-electron chi connectivity index (χ0n) is 9.55. The summed E-state index contributed by atoms with van der Waals surface area (Å²) in [7, 11) is 0. The van der Waals surface area contributed by atoms with Crippen LogP contribution in [0.2, 0.25) is 5.02 Å². The van der Waals surface area contributed by atoms with Crippen LogP contribution in [0, 0.1) is 0 Å². The summed E-state index contributed by atoms with van der Waals surface area (Å²) in [5.74, 6) is 0. The summed E-state index contributed by atoms with van der Waals surface area (Å²) < 4.78 is 0. The van der Waals surface area contributed by atoms with Crippen LogP contribution in [0.25, 0.3) is 0 Å². The maximum absolute atomic E-state index is 6.10. The van der Waals surface area contributed by atoms with E-state index in [1.807, 2.05) is 38.1 Å². The van der Waals surface area contributed by atoms with Gasteiger partial charge in [0.2, 0.25) is 0 Å². The fourth-order valence-electron chi connectivity index (χ4n) is 1.35. The molecule has 0 fully saturated rings. The number of nitrogens with one attached hydrogen (secondary N) is 1. The Kier molecular flexibility index (Phi) is 4.14. The predicted octanol–water partition coefficient (Wildman–Crippen LogP) is 2.73. The zero-order chi connectivity index (χ0) is 11.5. The normalized spacial score (nSPS) is 13.9. The number of halogens is 1. The van der Waals surface area contributed by atoms with Gasteiger partial charge in [0.25, 0.3) is 0 Å². The van der Waals surface area contributed by atoms with Crippen LogP contribution in [0.15, 0.2) is 24.3 Å². The van der Waals surface area contributed by atoms with Gasteiger partial charge in [0.15, 0.2) is 0 Å². The summed E-state index contributed by atoms with van der Waals surface area (Å²) in [4.78, 5) is 0. The third kappa shape index (κ3) is 4.20. The first-order valence-electron chi connectivity index (χ1n) is 5.17. The molecule has 1 aromatic rings. The van der Waals surface area contributed by atoms with E-state index in [0.717, 1.165) is 17.1 Å². The van der Waals surface area contributed by atoms with Crippen molar-refractivity contribution in [1.29, 1.82) is 0 Å². The molecule has 84 valence electrons. The van der Waals surface area contributed by atoms with Crippen LogP contribution in [-0.4, -0.2) is 12.1 Å². The maximum atomic E-state index is 6.10. The third-order valence-electron chi connectivity index (χ3n) is 2.24. The molecule has 0 spiro atoms. The predicted molar refractivity (Wildman–Crippen MR) is 66.1 cm³/mol. The molecule has 0 aliphatic rings. The van der Waals surface area contributed by atoms with E-state index in [0.29, 0.717) is 0 Å². The van der Waals surface area contributed by atoms with Gasteiger partial charge in [-0.05, 0) is 32.4 Å². The summed E-state index contributed by atoms with van der Waals surface area (Å²) in [6.07, 6.45) is 0. The molecular weight excluding hydrogens is 208 g/mol. The van der Waals surface area contributed by atoms with E-state index in [4.69, 9.17) is 17.3 Å². The summed E-state index contributed by atoms with van der Waals surface area (Å²) in [5, 5.41) is 4.17. The van der Waals surface area contributed by atoms with Crippen molar-refractivity contribution in [2.45, 2.75) is 32.4 Å². The van der Waals surface area contributed by atoms with Gasteiger partial charge in [-0.15, -0.1) is 0 Å². The number of hydrogen-bond acceptors (Lipinski definition) is 2. The van der Waals surface area contributed by atoms with Crippen molar-refractivity contribution in [3.63, 3.8) is 0 Å². The average Bonchev–Trinajstić information content (AvgIpc) is 2.14. The van der Waals surface area contributed by atoms with Gasteiger partial charge in [0, 0.05) is 23.1 Å². The summed E-state index contributed by atoms with van der Waals surface area (Å²) >= 11 is 6.10.